The van der Waals surface area contributed by atoms with Gasteiger partial charge in [-0.05, 0) is 59.0 Å². The number of nitrogens with zero attached hydrogens (tertiary/aromatic N) is 1. The first kappa shape index (κ1) is 19.0. The molecular weight excluding hydrogens is 463 g/mol. The number of halogens is 2. The summed E-state index contributed by atoms with van der Waals surface area (Å²) in [4.78, 5) is 13.3. The SMILES string of the molecule is NC(=O)c1cccc2c1c1ccc(-c3cccs3)cc1n2Cc1cc(F)ccc1Br. The van der Waals surface area contributed by atoms with E-state index in [1.165, 1.54) is 12.1 Å². The molecule has 5 aromatic rings. The first-order chi connectivity index (χ1) is 14.5. The maximum atomic E-state index is 13.9. The molecule has 6 heteroatoms. The smallest absolute Gasteiger partial charge is 0.249 e. The molecule has 2 aromatic heterocycles. The van der Waals surface area contributed by atoms with Gasteiger partial charge >= 0.3 is 0 Å². The van der Waals surface area contributed by atoms with Gasteiger partial charge in [-0.25, -0.2) is 4.39 Å². The van der Waals surface area contributed by atoms with Crippen molar-refractivity contribution < 1.29 is 9.18 Å². The minimum atomic E-state index is -0.464. The molecule has 2 heterocycles. The van der Waals surface area contributed by atoms with E-state index in [0.717, 1.165) is 42.3 Å². The van der Waals surface area contributed by atoms with Gasteiger partial charge < -0.3 is 10.3 Å². The van der Waals surface area contributed by atoms with Crippen molar-refractivity contribution in [3.63, 3.8) is 0 Å². The summed E-state index contributed by atoms with van der Waals surface area (Å²) in [7, 11) is 0. The number of thiophene rings is 1. The second-order valence-corrected chi connectivity index (χ2v) is 8.90. The fourth-order valence-corrected chi connectivity index (χ4v) is 5.05. The van der Waals surface area contributed by atoms with Crippen LogP contribution in [0.2, 0.25) is 0 Å². The molecule has 0 aliphatic heterocycles. The minimum absolute atomic E-state index is 0.286. The van der Waals surface area contributed by atoms with E-state index in [-0.39, 0.29) is 5.82 Å². The van der Waals surface area contributed by atoms with Crippen LogP contribution in [0, 0.1) is 5.82 Å². The van der Waals surface area contributed by atoms with E-state index >= 15 is 0 Å². The summed E-state index contributed by atoms with van der Waals surface area (Å²) in [5.74, 6) is -0.750. The zero-order valence-corrected chi connectivity index (χ0v) is 18.1. The lowest BCUT2D eigenvalue weighted by molar-refractivity contribution is 0.100. The number of hydrogen-bond donors (Lipinski definition) is 1. The van der Waals surface area contributed by atoms with Crippen molar-refractivity contribution in [1.29, 1.82) is 0 Å². The summed E-state index contributed by atoms with van der Waals surface area (Å²) in [6.45, 7) is 0.453. The highest BCUT2D eigenvalue weighted by Crippen LogP contribution is 2.36. The zero-order chi connectivity index (χ0) is 20.8. The lowest BCUT2D eigenvalue weighted by Crippen LogP contribution is -2.11. The molecule has 0 aliphatic carbocycles. The van der Waals surface area contributed by atoms with Crippen LogP contribution in [0.4, 0.5) is 4.39 Å². The molecule has 1 amide bonds. The number of aromatic nitrogens is 1. The monoisotopic (exact) mass is 478 g/mol. The van der Waals surface area contributed by atoms with Crippen molar-refractivity contribution >= 4 is 55.0 Å². The molecule has 5 rings (SSSR count). The lowest BCUT2D eigenvalue weighted by atomic mass is 10.0. The van der Waals surface area contributed by atoms with Gasteiger partial charge in [0.25, 0.3) is 0 Å². The van der Waals surface area contributed by atoms with Gasteiger partial charge in [-0.15, -0.1) is 11.3 Å². The van der Waals surface area contributed by atoms with Crippen molar-refractivity contribution in [3.05, 3.63) is 93.5 Å². The molecule has 3 nitrogen and oxygen atoms in total. The number of carbonyl (C=O) groups excluding carboxylic acids is 1. The van der Waals surface area contributed by atoms with Crippen molar-refractivity contribution in [1.82, 2.24) is 4.57 Å². The molecule has 30 heavy (non-hydrogen) atoms. The lowest BCUT2D eigenvalue weighted by Gasteiger charge is -2.11. The number of fused-ring (bicyclic) bond motifs is 3. The van der Waals surface area contributed by atoms with E-state index in [4.69, 9.17) is 5.73 Å². The van der Waals surface area contributed by atoms with E-state index in [1.807, 2.05) is 29.6 Å². The molecule has 2 N–H and O–H groups in total. The maximum absolute atomic E-state index is 13.9. The van der Waals surface area contributed by atoms with Crippen LogP contribution in [0.1, 0.15) is 15.9 Å². The molecular formula is C24H16BrFN2OS. The third-order valence-electron chi connectivity index (χ3n) is 5.30. The summed E-state index contributed by atoms with van der Waals surface area (Å²) < 4.78 is 16.9. The van der Waals surface area contributed by atoms with Crippen molar-refractivity contribution in [2.45, 2.75) is 6.54 Å². The predicted octanol–water partition coefficient (Wildman–Crippen LogP) is 6.57. The molecule has 3 aromatic carbocycles. The Morgan fingerprint density at radius 3 is 2.67 bits per heavy atom. The summed E-state index contributed by atoms with van der Waals surface area (Å²) in [5, 5.41) is 3.82. The van der Waals surface area contributed by atoms with E-state index in [1.54, 1.807) is 23.5 Å². The van der Waals surface area contributed by atoms with Crippen LogP contribution in [-0.2, 0) is 6.54 Å². The van der Waals surface area contributed by atoms with E-state index < -0.39 is 5.91 Å². The number of primary amides is 1. The molecule has 0 saturated heterocycles. The molecule has 0 atom stereocenters. The number of nitrogens with two attached hydrogens (primary N) is 1. The number of rotatable bonds is 4. The Hall–Kier alpha value is -2.96. The Morgan fingerprint density at radius 1 is 1.03 bits per heavy atom. The van der Waals surface area contributed by atoms with Gasteiger partial charge in [-0.1, -0.05) is 40.2 Å². The summed E-state index contributed by atoms with van der Waals surface area (Å²) in [6, 6.07) is 20.6. The van der Waals surface area contributed by atoms with Crippen LogP contribution in [-0.4, -0.2) is 10.5 Å². The minimum Gasteiger partial charge on any atom is -0.366 e. The molecule has 148 valence electrons. The Balaban J connectivity index is 1.83. The maximum Gasteiger partial charge on any atom is 0.249 e. The average molecular weight is 479 g/mol. The summed E-state index contributed by atoms with van der Waals surface area (Å²) >= 11 is 5.21. The quantitative estimate of drug-likeness (QED) is 0.311. The highest BCUT2D eigenvalue weighted by molar-refractivity contribution is 9.10. The largest absolute Gasteiger partial charge is 0.366 e. The van der Waals surface area contributed by atoms with E-state index in [9.17, 15) is 9.18 Å². The molecule has 0 radical (unpaired) electrons. The fraction of sp³-hybridized carbons (Fsp3) is 0.0417. The zero-order valence-electron chi connectivity index (χ0n) is 15.7. The van der Waals surface area contributed by atoms with Crippen molar-refractivity contribution in [2.24, 2.45) is 5.73 Å². The van der Waals surface area contributed by atoms with Gasteiger partial charge in [0, 0.05) is 32.2 Å². The molecule has 0 aliphatic rings. The van der Waals surface area contributed by atoms with Gasteiger partial charge in [0.2, 0.25) is 5.91 Å². The second kappa shape index (κ2) is 7.38. The van der Waals surface area contributed by atoms with Crippen LogP contribution in [0.3, 0.4) is 0 Å². The number of hydrogen-bond acceptors (Lipinski definition) is 2. The fourth-order valence-electron chi connectivity index (χ4n) is 3.95. The molecule has 0 unspecified atom stereocenters. The summed E-state index contributed by atoms with van der Waals surface area (Å²) in [6.07, 6.45) is 0. The number of benzene rings is 3. The highest BCUT2D eigenvalue weighted by atomic mass is 79.9. The van der Waals surface area contributed by atoms with Crippen LogP contribution in [0.25, 0.3) is 32.2 Å². The third-order valence-corrected chi connectivity index (χ3v) is 6.99. The van der Waals surface area contributed by atoms with Gasteiger partial charge in [0.15, 0.2) is 0 Å². The Labute approximate surface area is 184 Å². The molecule has 0 fully saturated rings. The van der Waals surface area contributed by atoms with Crippen LogP contribution in [0.15, 0.2) is 76.6 Å². The standard InChI is InChI=1S/C24H16BrFN2OS/c25-19-9-7-16(26)11-15(19)13-28-20-4-1-3-18(24(27)29)23(20)17-8-6-14(12-21(17)28)22-5-2-10-30-22/h1-12H,13H2,(H2,27,29). The van der Waals surface area contributed by atoms with Crippen LogP contribution >= 0.6 is 27.3 Å². The Morgan fingerprint density at radius 2 is 1.90 bits per heavy atom. The topological polar surface area (TPSA) is 48.0 Å². The van der Waals surface area contributed by atoms with Gasteiger partial charge in [0.1, 0.15) is 5.82 Å². The van der Waals surface area contributed by atoms with Crippen molar-refractivity contribution in [2.75, 3.05) is 0 Å². The number of carbonyl (C=O) groups is 1. The van der Waals surface area contributed by atoms with E-state index in [2.05, 4.69) is 38.7 Å². The Kier molecular flexibility index (Phi) is 4.68. The second-order valence-electron chi connectivity index (χ2n) is 7.10. The van der Waals surface area contributed by atoms with Crippen LogP contribution < -0.4 is 5.73 Å². The summed E-state index contributed by atoms with van der Waals surface area (Å²) in [5.41, 5.74) is 9.94. The first-order valence-electron chi connectivity index (χ1n) is 9.35. The molecule has 0 bridgehead atoms. The van der Waals surface area contributed by atoms with Crippen LogP contribution in [0.5, 0.6) is 0 Å². The molecule has 0 spiro atoms. The van der Waals surface area contributed by atoms with E-state index in [0.29, 0.717) is 12.1 Å². The average Bonchev–Trinajstić information content (AvgIpc) is 3.37. The van der Waals surface area contributed by atoms with Gasteiger partial charge in [-0.2, -0.15) is 0 Å². The Bertz CT molecular complexity index is 1420. The van der Waals surface area contributed by atoms with Gasteiger partial charge in [0.05, 0.1) is 11.0 Å². The van der Waals surface area contributed by atoms with Gasteiger partial charge in [-0.3, -0.25) is 4.79 Å². The first-order valence-corrected chi connectivity index (χ1v) is 11.0. The number of amides is 1. The highest BCUT2D eigenvalue weighted by Gasteiger charge is 2.18. The molecule has 0 saturated carbocycles. The third kappa shape index (κ3) is 3.13. The normalized spacial score (nSPS) is 11.4. The predicted molar refractivity (Wildman–Crippen MR) is 124 cm³/mol. The van der Waals surface area contributed by atoms with Crippen molar-refractivity contribution in [3.8, 4) is 10.4 Å².